The number of methoxy groups -OCH3 is 1. The molecule has 0 aromatic rings. The third-order valence-corrected chi connectivity index (χ3v) is 5.97. The van der Waals surface area contributed by atoms with Gasteiger partial charge in [0.15, 0.2) is 0 Å². The van der Waals surface area contributed by atoms with E-state index in [2.05, 4.69) is 10.6 Å². The van der Waals surface area contributed by atoms with Gasteiger partial charge in [-0.1, -0.05) is 0 Å². The van der Waals surface area contributed by atoms with Gasteiger partial charge in [0.05, 0.1) is 12.1 Å². The van der Waals surface area contributed by atoms with Crippen molar-refractivity contribution >= 4 is 29.4 Å². The molecule has 17 heavy (non-hydrogen) atoms. The fourth-order valence-electron chi connectivity index (χ4n) is 2.07. The van der Waals surface area contributed by atoms with Crippen LogP contribution in [0.4, 0.5) is 0 Å². The first kappa shape index (κ1) is 13.5. The first-order valence-electron chi connectivity index (χ1n) is 6.03. The average molecular weight is 276 g/mol. The second-order valence-electron chi connectivity index (χ2n) is 4.37. The highest BCUT2D eigenvalue weighted by Gasteiger charge is 2.29. The monoisotopic (exact) mass is 276 g/mol. The lowest BCUT2D eigenvalue weighted by atomic mass is 10.2. The molecule has 2 fully saturated rings. The summed E-state index contributed by atoms with van der Waals surface area (Å²) in [6.07, 6.45) is 0.972. The second kappa shape index (κ2) is 6.87. The Morgan fingerprint density at radius 2 is 2.41 bits per heavy atom. The summed E-state index contributed by atoms with van der Waals surface area (Å²) in [6.45, 7) is 1.58. The summed E-state index contributed by atoms with van der Waals surface area (Å²) in [5.74, 6) is 3.73. The van der Waals surface area contributed by atoms with Crippen molar-refractivity contribution in [1.29, 1.82) is 0 Å². The number of carbonyl (C=O) groups excluding carboxylic acids is 1. The maximum Gasteiger partial charge on any atom is 0.237 e. The molecule has 6 heteroatoms. The van der Waals surface area contributed by atoms with Crippen LogP contribution in [-0.2, 0) is 9.53 Å². The molecule has 0 aliphatic carbocycles. The molecule has 2 aliphatic heterocycles. The Balaban J connectivity index is 1.66. The lowest BCUT2D eigenvalue weighted by Gasteiger charge is -2.22. The number of hydrogen-bond donors (Lipinski definition) is 2. The van der Waals surface area contributed by atoms with E-state index in [1.54, 1.807) is 7.11 Å². The van der Waals surface area contributed by atoms with Gasteiger partial charge in [-0.25, -0.2) is 0 Å². The highest BCUT2D eigenvalue weighted by Crippen LogP contribution is 2.23. The molecule has 2 heterocycles. The van der Waals surface area contributed by atoms with Crippen LogP contribution in [-0.4, -0.2) is 60.8 Å². The molecule has 0 bridgehead atoms. The van der Waals surface area contributed by atoms with Crippen LogP contribution in [0.5, 0.6) is 0 Å². The average Bonchev–Trinajstić information content (AvgIpc) is 2.86. The van der Waals surface area contributed by atoms with Crippen LogP contribution in [0.25, 0.3) is 0 Å². The quantitative estimate of drug-likeness (QED) is 0.775. The van der Waals surface area contributed by atoms with E-state index < -0.39 is 0 Å². The van der Waals surface area contributed by atoms with E-state index in [4.69, 9.17) is 4.74 Å². The van der Waals surface area contributed by atoms with Crippen molar-refractivity contribution in [2.75, 3.05) is 37.5 Å². The molecule has 2 aliphatic rings. The van der Waals surface area contributed by atoms with E-state index in [0.717, 1.165) is 25.3 Å². The van der Waals surface area contributed by atoms with Crippen LogP contribution in [0.2, 0.25) is 0 Å². The SMILES string of the molecule is COC1CNC(C(=O)NCC2CSCCS2)C1. The Kier molecular flexibility index (Phi) is 5.47. The Morgan fingerprint density at radius 3 is 3.06 bits per heavy atom. The van der Waals surface area contributed by atoms with E-state index in [1.807, 2.05) is 23.5 Å². The zero-order valence-corrected chi connectivity index (χ0v) is 11.7. The summed E-state index contributed by atoms with van der Waals surface area (Å²) in [4.78, 5) is 11.9. The molecular weight excluding hydrogens is 256 g/mol. The third-order valence-electron chi connectivity index (χ3n) is 3.13. The summed E-state index contributed by atoms with van der Waals surface area (Å²) < 4.78 is 5.24. The highest BCUT2D eigenvalue weighted by molar-refractivity contribution is 8.06. The summed E-state index contributed by atoms with van der Waals surface area (Å²) in [7, 11) is 1.70. The summed E-state index contributed by atoms with van der Waals surface area (Å²) in [6, 6.07) is -0.0683. The van der Waals surface area contributed by atoms with Crippen LogP contribution in [0.15, 0.2) is 0 Å². The van der Waals surface area contributed by atoms with Crippen molar-refractivity contribution in [3.8, 4) is 0 Å². The maximum atomic E-state index is 11.9. The number of nitrogens with one attached hydrogen (secondary N) is 2. The Hall–Kier alpha value is 0.0900. The van der Waals surface area contributed by atoms with E-state index in [9.17, 15) is 4.79 Å². The first-order chi connectivity index (χ1) is 8.29. The van der Waals surface area contributed by atoms with Crippen LogP contribution in [0.3, 0.4) is 0 Å². The smallest absolute Gasteiger partial charge is 0.237 e. The minimum atomic E-state index is -0.0683. The fourth-order valence-corrected chi connectivity index (χ4v) is 4.69. The number of rotatable bonds is 4. The van der Waals surface area contributed by atoms with Gasteiger partial charge in [0.2, 0.25) is 5.91 Å². The van der Waals surface area contributed by atoms with Crippen molar-refractivity contribution in [3.63, 3.8) is 0 Å². The molecule has 0 radical (unpaired) electrons. The van der Waals surface area contributed by atoms with E-state index in [0.29, 0.717) is 5.25 Å². The molecule has 2 saturated heterocycles. The molecule has 98 valence electrons. The van der Waals surface area contributed by atoms with E-state index in [1.165, 1.54) is 11.5 Å². The van der Waals surface area contributed by atoms with Crippen LogP contribution in [0.1, 0.15) is 6.42 Å². The number of hydrogen-bond acceptors (Lipinski definition) is 5. The van der Waals surface area contributed by atoms with Gasteiger partial charge in [0.25, 0.3) is 0 Å². The summed E-state index contributed by atoms with van der Waals surface area (Å²) >= 11 is 3.96. The number of carbonyl (C=O) groups is 1. The molecule has 2 N–H and O–H groups in total. The van der Waals surface area contributed by atoms with Gasteiger partial charge in [-0.2, -0.15) is 23.5 Å². The molecule has 4 nitrogen and oxygen atoms in total. The normalized spacial score (nSPS) is 33.6. The molecule has 3 unspecified atom stereocenters. The van der Waals surface area contributed by atoms with Crippen LogP contribution >= 0.6 is 23.5 Å². The predicted octanol–water partition coefficient (Wildman–Crippen LogP) is 0.328. The first-order valence-corrected chi connectivity index (χ1v) is 8.23. The van der Waals surface area contributed by atoms with Crippen molar-refractivity contribution in [1.82, 2.24) is 10.6 Å². The fraction of sp³-hybridized carbons (Fsp3) is 0.909. The van der Waals surface area contributed by atoms with Crippen LogP contribution in [0, 0.1) is 0 Å². The minimum Gasteiger partial charge on any atom is -0.380 e. The molecule has 0 aromatic carbocycles. The van der Waals surface area contributed by atoms with Gasteiger partial charge in [-0.3, -0.25) is 4.79 Å². The zero-order valence-electron chi connectivity index (χ0n) is 10.1. The lowest BCUT2D eigenvalue weighted by molar-refractivity contribution is -0.122. The van der Waals surface area contributed by atoms with Crippen molar-refractivity contribution in [2.45, 2.75) is 23.8 Å². The Morgan fingerprint density at radius 1 is 1.53 bits per heavy atom. The topological polar surface area (TPSA) is 50.4 Å². The second-order valence-corrected chi connectivity index (χ2v) is 6.93. The lowest BCUT2D eigenvalue weighted by Crippen LogP contribution is -2.43. The van der Waals surface area contributed by atoms with Crippen molar-refractivity contribution in [2.24, 2.45) is 0 Å². The largest absolute Gasteiger partial charge is 0.380 e. The minimum absolute atomic E-state index is 0.0683. The van der Waals surface area contributed by atoms with Gasteiger partial charge < -0.3 is 15.4 Å². The van der Waals surface area contributed by atoms with Crippen molar-refractivity contribution in [3.05, 3.63) is 0 Å². The van der Waals surface area contributed by atoms with Gasteiger partial charge in [-0.15, -0.1) is 0 Å². The summed E-state index contributed by atoms with van der Waals surface area (Å²) in [5.41, 5.74) is 0. The van der Waals surface area contributed by atoms with Gasteiger partial charge in [0, 0.05) is 42.7 Å². The summed E-state index contributed by atoms with van der Waals surface area (Å²) in [5, 5.41) is 6.82. The molecule has 0 aromatic heterocycles. The molecule has 0 spiro atoms. The van der Waals surface area contributed by atoms with Gasteiger partial charge >= 0.3 is 0 Å². The number of ether oxygens (including phenoxy) is 1. The third kappa shape index (κ3) is 4.05. The maximum absolute atomic E-state index is 11.9. The van der Waals surface area contributed by atoms with E-state index >= 15 is 0 Å². The van der Waals surface area contributed by atoms with Crippen molar-refractivity contribution < 1.29 is 9.53 Å². The van der Waals surface area contributed by atoms with Crippen LogP contribution < -0.4 is 10.6 Å². The standard InChI is InChI=1S/C11H20N2O2S2/c1-15-8-4-10(12-5-8)11(14)13-6-9-7-16-2-3-17-9/h8-10,12H,2-7H2,1H3,(H,13,14). The predicted molar refractivity (Wildman–Crippen MR) is 73.8 cm³/mol. The molecule has 3 atom stereocenters. The molecule has 1 amide bonds. The number of amides is 1. The molecular formula is C11H20N2O2S2. The Labute approximate surface area is 111 Å². The molecule has 0 saturated carbocycles. The highest BCUT2D eigenvalue weighted by atomic mass is 32.2. The zero-order chi connectivity index (χ0) is 12.1. The van der Waals surface area contributed by atoms with Gasteiger partial charge in [-0.05, 0) is 6.42 Å². The number of thioether (sulfide) groups is 2. The van der Waals surface area contributed by atoms with E-state index in [-0.39, 0.29) is 18.1 Å². The van der Waals surface area contributed by atoms with Gasteiger partial charge in [0.1, 0.15) is 0 Å². The molecule has 2 rings (SSSR count). The Bertz CT molecular complexity index is 260.